The number of alkyl halides is 3. The number of fused-ring (bicyclic) bond motifs is 1. The van der Waals surface area contributed by atoms with Gasteiger partial charge in [0, 0.05) is 37.8 Å². The van der Waals surface area contributed by atoms with Crippen LogP contribution in [0.5, 0.6) is 0 Å². The highest BCUT2D eigenvalue weighted by Crippen LogP contribution is 2.32. The molecule has 0 bridgehead atoms. The normalized spacial score (nSPS) is 15.4. The SMILES string of the molecule is FC(F)(F)c1nc(N2CCN(c3ccc(Cl)cn3)CC2)c2ccccc2n1. The number of para-hydroxylation sites is 1. The lowest BCUT2D eigenvalue weighted by molar-refractivity contribution is -0.144. The number of hydrogen-bond donors (Lipinski definition) is 0. The number of halogens is 4. The molecule has 1 fully saturated rings. The Morgan fingerprint density at radius 2 is 1.59 bits per heavy atom. The molecule has 0 N–H and O–H groups in total. The molecule has 0 spiro atoms. The van der Waals surface area contributed by atoms with E-state index in [-0.39, 0.29) is 5.52 Å². The molecule has 0 amide bonds. The van der Waals surface area contributed by atoms with Gasteiger partial charge in [-0.15, -0.1) is 0 Å². The number of rotatable bonds is 2. The minimum absolute atomic E-state index is 0.289. The van der Waals surface area contributed by atoms with Gasteiger partial charge in [0.25, 0.3) is 0 Å². The van der Waals surface area contributed by atoms with Crippen LogP contribution in [0.1, 0.15) is 5.82 Å². The van der Waals surface area contributed by atoms with E-state index < -0.39 is 12.0 Å². The lowest BCUT2D eigenvalue weighted by atomic mass is 10.2. The summed E-state index contributed by atoms with van der Waals surface area (Å²) in [7, 11) is 0. The third kappa shape index (κ3) is 3.62. The van der Waals surface area contributed by atoms with Gasteiger partial charge >= 0.3 is 6.18 Å². The summed E-state index contributed by atoms with van der Waals surface area (Å²) in [6, 6.07) is 10.4. The van der Waals surface area contributed by atoms with Gasteiger partial charge in [0.05, 0.1) is 10.5 Å². The van der Waals surface area contributed by atoms with Crippen molar-refractivity contribution in [3.63, 3.8) is 0 Å². The van der Waals surface area contributed by atoms with E-state index >= 15 is 0 Å². The van der Waals surface area contributed by atoms with E-state index in [9.17, 15) is 13.2 Å². The Labute approximate surface area is 158 Å². The second-order valence-corrected chi connectivity index (χ2v) is 6.63. The standard InChI is InChI=1S/C18H15ClF3N5/c19-12-5-6-15(23-11-12)26-7-9-27(10-8-26)16-13-3-1-2-4-14(13)24-17(25-16)18(20,21)22/h1-6,11H,7-10H2. The minimum Gasteiger partial charge on any atom is -0.353 e. The second kappa shape index (κ2) is 6.84. The molecule has 1 aromatic carbocycles. The van der Waals surface area contributed by atoms with Crippen LogP contribution in [0.3, 0.4) is 0 Å². The summed E-state index contributed by atoms with van der Waals surface area (Å²) in [6.45, 7) is 2.30. The summed E-state index contributed by atoms with van der Waals surface area (Å²) >= 11 is 5.87. The number of hydrogen-bond acceptors (Lipinski definition) is 5. The van der Waals surface area contributed by atoms with E-state index in [0.29, 0.717) is 42.4 Å². The summed E-state index contributed by atoms with van der Waals surface area (Å²) in [5.74, 6) is -0.00258. The molecule has 4 rings (SSSR count). The smallest absolute Gasteiger partial charge is 0.353 e. The molecule has 1 aliphatic rings. The molecule has 0 unspecified atom stereocenters. The Morgan fingerprint density at radius 1 is 0.889 bits per heavy atom. The van der Waals surface area contributed by atoms with Crippen molar-refractivity contribution in [2.45, 2.75) is 6.18 Å². The predicted molar refractivity (Wildman–Crippen MR) is 98.2 cm³/mol. The van der Waals surface area contributed by atoms with E-state index in [2.05, 4.69) is 19.9 Å². The maximum Gasteiger partial charge on any atom is 0.451 e. The highest BCUT2D eigenvalue weighted by atomic mass is 35.5. The van der Waals surface area contributed by atoms with Crippen LogP contribution in [0.4, 0.5) is 24.8 Å². The average molecular weight is 394 g/mol. The van der Waals surface area contributed by atoms with Crippen molar-refractivity contribution < 1.29 is 13.2 Å². The molecule has 0 aliphatic carbocycles. The maximum absolute atomic E-state index is 13.2. The highest BCUT2D eigenvalue weighted by molar-refractivity contribution is 6.30. The number of pyridine rings is 1. The van der Waals surface area contributed by atoms with Crippen LogP contribution in [-0.4, -0.2) is 41.1 Å². The van der Waals surface area contributed by atoms with E-state index in [1.165, 1.54) is 0 Å². The number of piperazine rings is 1. The molecule has 1 saturated heterocycles. The average Bonchev–Trinajstić information content (AvgIpc) is 2.67. The van der Waals surface area contributed by atoms with E-state index in [1.807, 2.05) is 11.0 Å². The monoisotopic (exact) mass is 393 g/mol. The summed E-state index contributed by atoms with van der Waals surface area (Å²) in [4.78, 5) is 15.8. The molecule has 0 radical (unpaired) electrons. The Balaban J connectivity index is 1.62. The zero-order valence-corrected chi connectivity index (χ0v) is 14.9. The first kappa shape index (κ1) is 17.8. The fraction of sp³-hybridized carbons (Fsp3) is 0.278. The van der Waals surface area contributed by atoms with E-state index in [0.717, 1.165) is 5.82 Å². The van der Waals surface area contributed by atoms with Gasteiger partial charge in [0.15, 0.2) is 0 Å². The second-order valence-electron chi connectivity index (χ2n) is 6.19. The van der Waals surface area contributed by atoms with Crippen LogP contribution >= 0.6 is 11.6 Å². The molecule has 3 aromatic rings. The molecule has 0 saturated carbocycles. The molecule has 27 heavy (non-hydrogen) atoms. The van der Waals surface area contributed by atoms with Gasteiger partial charge in [-0.05, 0) is 24.3 Å². The molecular weight excluding hydrogens is 379 g/mol. The quantitative estimate of drug-likeness (QED) is 0.658. The molecule has 1 aliphatic heterocycles. The van der Waals surface area contributed by atoms with E-state index in [1.54, 1.807) is 36.5 Å². The van der Waals surface area contributed by atoms with Crippen molar-refractivity contribution in [2.24, 2.45) is 0 Å². The van der Waals surface area contributed by atoms with Gasteiger partial charge in [0.1, 0.15) is 11.6 Å². The Bertz CT molecular complexity index is 953. The van der Waals surface area contributed by atoms with Crippen molar-refractivity contribution in [2.75, 3.05) is 36.0 Å². The van der Waals surface area contributed by atoms with Gasteiger partial charge in [-0.2, -0.15) is 13.2 Å². The first-order valence-electron chi connectivity index (χ1n) is 8.37. The van der Waals surface area contributed by atoms with Crippen LogP contribution < -0.4 is 9.80 Å². The van der Waals surface area contributed by atoms with Crippen molar-refractivity contribution in [1.82, 2.24) is 15.0 Å². The van der Waals surface area contributed by atoms with Gasteiger partial charge in [0.2, 0.25) is 5.82 Å². The lowest BCUT2D eigenvalue weighted by Crippen LogP contribution is -2.47. The van der Waals surface area contributed by atoms with Crippen LogP contribution in [-0.2, 0) is 6.18 Å². The molecule has 0 atom stereocenters. The number of aromatic nitrogens is 3. The zero-order valence-electron chi connectivity index (χ0n) is 14.1. The third-order valence-corrected chi connectivity index (χ3v) is 4.68. The fourth-order valence-corrected chi connectivity index (χ4v) is 3.24. The Morgan fingerprint density at radius 3 is 2.26 bits per heavy atom. The number of benzene rings is 1. The largest absolute Gasteiger partial charge is 0.451 e. The van der Waals surface area contributed by atoms with Crippen LogP contribution in [0.25, 0.3) is 10.9 Å². The topological polar surface area (TPSA) is 45.2 Å². The predicted octanol–water partition coefficient (Wildman–Crippen LogP) is 4.02. The molecular formula is C18H15ClF3N5. The van der Waals surface area contributed by atoms with Crippen LogP contribution in [0, 0.1) is 0 Å². The first-order chi connectivity index (χ1) is 12.9. The zero-order chi connectivity index (χ0) is 19.0. The van der Waals surface area contributed by atoms with Gasteiger partial charge in [-0.3, -0.25) is 0 Å². The van der Waals surface area contributed by atoms with Gasteiger partial charge in [-0.25, -0.2) is 15.0 Å². The minimum atomic E-state index is -4.59. The van der Waals surface area contributed by atoms with Crippen molar-refractivity contribution in [1.29, 1.82) is 0 Å². The van der Waals surface area contributed by atoms with E-state index in [4.69, 9.17) is 11.6 Å². The van der Waals surface area contributed by atoms with Crippen molar-refractivity contribution in [3.05, 3.63) is 53.4 Å². The highest BCUT2D eigenvalue weighted by Gasteiger charge is 2.36. The maximum atomic E-state index is 13.2. The summed E-state index contributed by atoms with van der Waals surface area (Å²) < 4.78 is 39.6. The molecule has 2 aromatic heterocycles. The third-order valence-electron chi connectivity index (χ3n) is 4.45. The van der Waals surface area contributed by atoms with Crippen LogP contribution in [0.15, 0.2) is 42.6 Å². The van der Waals surface area contributed by atoms with Crippen molar-refractivity contribution >= 4 is 34.1 Å². The molecule has 9 heteroatoms. The summed E-state index contributed by atoms with van der Waals surface area (Å²) in [5, 5.41) is 1.17. The number of nitrogens with zero attached hydrogens (tertiary/aromatic N) is 5. The van der Waals surface area contributed by atoms with Gasteiger partial charge in [-0.1, -0.05) is 23.7 Å². The molecule has 140 valence electrons. The molecule has 5 nitrogen and oxygen atoms in total. The number of anilines is 2. The lowest BCUT2D eigenvalue weighted by Gasteiger charge is -2.36. The first-order valence-corrected chi connectivity index (χ1v) is 8.75. The molecule has 3 heterocycles. The Hall–Kier alpha value is -2.61. The van der Waals surface area contributed by atoms with Crippen molar-refractivity contribution in [3.8, 4) is 0 Å². The fourth-order valence-electron chi connectivity index (χ4n) is 3.13. The summed E-state index contributed by atoms with van der Waals surface area (Å²) in [6.07, 6.45) is -3.01. The summed E-state index contributed by atoms with van der Waals surface area (Å²) in [5.41, 5.74) is 0.289. The van der Waals surface area contributed by atoms with Crippen LogP contribution in [0.2, 0.25) is 5.02 Å². The Kier molecular flexibility index (Phi) is 4.51. The van der Waals surface area contributed by atoms with Gasteiger partial charge < -0.3 is 9.80 Å².